The predicted molar refractivity (Wildman–Crippen MR) is 74.4 cm³/mol. The summed E-state index contributed by atoms with van der Waals surface area (Å²) in [7, 11) is 0. The number of rotatable bonds is 3. The fraction of sp³-hybridized carbons (Fsp3) is 0.533. The second-order valence-electron chi connectivity index (χ2n) is 5.45. The first-order valence-electron chi connectivity index (χ1n) is 7.02. The number of hydrogen-bond donors (Lipinski definition) is 1. The Balaban J connectivity index is 1.57. The standard InChI is InChI=1S/C15H20N2O2/c18-15(19)13-6-7-14(13)17-10-8-16(9-11-17)12-4-2-1-3-5-12/h1-5,13-14H,6-11H2,(H,18,19). The fourth-order valence-electron chi connectivity index (χ4n) is 3.16. The maximum atomic E-state index is 11.1. The van der Waals surface area contributed by atoms with Gasteiger partial charge in [-0.25, -0.2) is 0 Å². The van der Waals surface area contributed by atoms with Gasteiger partial charge in [0.1, 0.15) is 0 Å². The molecule has 1 aromatic rings. The Morgan fingerprint density at radius 1 is 1.05 bits per heavy atom. The van der Waals surface area contributed by atoms with Gasteiger partial charge in [-0.15, -0.1) is 0 Å². The van der Waals surface area contributed by atoms with Crippen LogP contribution in [0, 0.1) is 5.92 Å². The van der Waals surface area contributed by atoms with Crippen molar-refractivity contribution in [3.8, 4) is 0 Å². The van der Waals surface area contributed by atoms with Crippen molar-refractivity contribution in [2.45, 2.75) is 18.9 Å². The van der Waals surface area contributed by atoms with Crippen molar-refractivity contribution in [3.05, 3.63) is 30.3 Å². The molecule has 19 heavy (non-hydrogen) atoms. The third kappa shape index (κ3) is 2.45. The molecule has 3 rings (SSSR count). The van der Waals surface area contributed by atoms with Crippen molar-refractivity contribution in [2.75, 3.05) is 31.1 Å². The minimum absolute atomic E-state index is 0.136. The van der Waals surface area contributed by atoms with Gasteiger partial charge in [-0.3, -0.25) is 9.69 Å². The number of benzene rings is 1. The van der Waals surface area contributed by atoms with E-state index in [9.17, 15) is 4.79 Å². The van der Waals surface area contributed by atoms with Crippen LogP contribution in [0.3, 0.4) is 0 Å². The third-order valence-electron chi connectivity index (χ3n) is 4.46. The first-order chi connectivity index (χ1) is 9.25. The lowest BCUT2D eigenvalue weighted by Crippen LogP contribution is -2.57. The molecule has 1 aliphatic heterocycles. The Bertz CT molecular complexity index is 441. The predicted octanol–water partition coefficient (Wildman–Crippen LogP) is 1.67. The normalized spacial score (nSPS) is 27.9. The molecule has 0 spiro atoms. The highest BCUT2D eigenvalue weighted by Crippen LogP contribution is 2.33. The molecule has 1 aromatic carbocycles. The van der Waals surface area contributed by atoms with Crippen LogP contribution in [0.2, 0.25) is 0 Å². The fourth-order valence-corrected chi connectivity index (χ4v) is 3.16. The molecule has 4 heteroatoms. The molecule has 0 radical (unpaired) electrons. The minimum Gasteiger partial charge on any atom is -0.481 e. The summed E-state index contributed by atoms with van der Waals surface area (Å²) in [6.45, 7) is 3.94. The van der Waals surface area contributed by atoms with Gasteiger partial charge in [-0.05, 0) is 25.0 Å². The summed E-state index contributed by atoms with van der Waals surface area (Å²) in [6.07, 6.45) is 1.89. The summed E-state index contributed by atoms with van der Waals surface area (Å²) in [6, 6.07) is 10.7. The zero-order valence-corrected chi connectivity index (χ0v) is 11.0. The number of anilines is 1. The van der Waals surface area contributed by atoms with E-state index in [1.54, 1.807) is 0 Å². The molecular weight excluding hydrogens is 240 g/mol. The number of aliphatic carboxylic acids is 1. The number of carboxylic acid groups (broad SMARTS) is 1. The smallest absolute Gasteiger partial charge is 0.308 e. The van der Waals surface area contributed by atoms with E-state index >= 15 is 0 Å². The number of hydrogen-bond acceptors (Lipinski definition) is 3. The molecule has 4 nitrogen and oxygen atoms in total. The maximum Gasteiger partial charge on any atom is 0.308 e. The number of nitrogens with zero attached hydrogens (tertiary/aromatic N) is 2. The minimum atomic E-state index is -0.623. The van der Waals surface area contributed by atoms with Crippen LogP contribution in [-0.4, -0.2) is 48.2 Å². The number of carbonyl (C=O) groups is 1. The van der Waals surface area contributed by atoms with E-state index in [0.29, 0.717) is 0 Å². The Labute approximate surface area is 113 Å². The Kier molecular flexibility index (Phi) is 3.42. The van der Waals surface area contributed by atoms with E-state index in [2.05, 4.69) is 34.1 Å². The van der Waals surface area contributed by atoms with Gasteiger partial charge in [0.15, 0.2) is 0 Å². The van der Waals surface area contributed by atoms with Gasteiger partial charge in [0, 0.05) is 37.9 Å². The van der Waals surface area contributed by atoms with Crippen LogP contribution in [0.15, 0.2) is 30.3 Å². The Morgan fingerprint density at radius 2 is 1.74 bits per heavy atom. The lowest BCUT2D eigenvalue weighted by Gasteiger charge is -2.46. The highest BCUT2D eigenvalue weighted by Gasteiger charge is 2.41. The van der Waals surface area contributed by atoms with E-state index in [1.165, 1.54) is 5.69 Å². The van der Waals surface area contributed by atoms with Gasteiger partial charge < -0.3 is 10.0 Å². The van der Waals surface area contributed by atoms with Gasteiger partial charge in [-0.2, -0.15) is 0 Å². The molecule has 2 atom stereocenters. The summed E-state index contributed by atoms with van der Waals surface area (Å²) in [5, 5.41) is 9.13. The quantitative estimate of drug-likeness (QED) is 0.898. The summed E-state index contributed by atoms with van der Waals surface area (Å²) < 4.78 is 0. The summed E-state index contributed by atoms with van der Waals surface area (Å²) in [4.78, 5) is 15.8. The molecule has 1 aliphatic carbocycles. The molecule has 2 aliphatic rings. The van der Waals surface area contributed by atoms with Gasteiger partial charge in [0.05, 0.1) is 5.92 Å². The zero-order chi connectivity index (χ0) is 13.2. The Hall–Kier alpha value is -1.55. The van der Waals surface area contributed by atoms with Crippen LogP contribution in [0.1, 0.15) is 12.8 Å². The zero-order valence-electron chi connectivity index (χ0n) is 11.0. The molecule has 1 N–H and O–H groups in total. The first-order valence-corrected chi connectivity index (χ1v) is 7.02. The average molecular weight is 260 g/mol. The monoisotopic (exact) mass is 260 g/mol. The van der Waals surface area contributed by atoms with Crippen molar-refractivity contribution in [3.63, 3.8) is 0 Å². The second kappa shape index (κ2) is 5.21. The van der Waals surface area contributed by atoms with Gasteiger partial charge in [0.2, 0.25) is 0 Å². The van der Waals surface area contributed by atoms with Crippen molar-refractivity contribution in [1.29, 1.82) is 0 Å². The van der Waals surface area contributed by atoms with E-state index in [-0.39, 0.29) is 12.0 Å². The summed E-state index contributed by atoms with van der Waals surface area (Å²) in [5.74, 6) is -0.759. The first kappa shape index (κ1) is 12.5. The molecule has 2 unspecified atom stereocenters. The van der Waals surface area contributed by atoms with Crippen LogP contribution in [-0.2, 0) is 4.79 Å². The van der Waals surface area contributed by atoms with E-state index in [4.69, 9.17) is 5.11 Å². The molecule has 102 valence electrons. The van der Waals surface area contributed by atoms with Gasteiger partial charge >= 0.3 is 5.97 Å². The molecule has 2 fully saturated rings. The molecule has 0 amide bonds. The highest BCUT2D eigenvalue weighted by molar-refractivity contribution is 5.72. The third-order valence-corrected chi connectivity index (χ3v) is 4.46. The van der Waals surface area contributed by atoms with E-state index in [1.807, 2.05) is 6.07 Å². The lowest BCUT2D eigenvalue weighted by atomic mass is 9.78. The molecule has 1 heterocycles. The summed E-state index contributed by atoms with van der Waals surface area (Å²) >= 11 is 0. The van der Waals surface area contributed by atoms with Crippen LogP contribution in [0.4, 0.5) is 5.69 Å². The SMILES string of the molecule is O=C(O)C1CCC1N1CCN(c2ccccc2)CC1. The van der Waals surface area contributed by atoms with Crippen LogP contribution >= 0.6 is 0 Å². The van der Waals surface area contributed by atoms with Crippen molar-refractivity contribution >= 4 is 11.7 Å². The van der Waals surface area contributed by atoms with Crippen molar-refractivity contribution in [2.24, 2.45) is 5.92 Å². The van der Waals surface area contributed by atoms with Gasteiger partial charge in [0.25, 0.3) is 0 Å². The molecule has 1 saturated heterocycles. The lowest BCUT2D eigenvalue weighted by molar-refractivity contribution is -0.149. The van der Waals surface area contributed by atoms with Crippen LogP contribution in [0.25, 0.3) is 0 Å². The van der Waals surface area contributed by atoms with E-state index in [0.717, 1.165) is 39.0 Å². The van der Waals surface area contributed by atoms with Crippen LogP contribution in [0.5, 0.6) is 0 Å². The number of para-hydroxylation sites is 1. The number of carboxylic acids is 1. The molecule has 1 saturated carbocycles. The number of piperazine rings is 1. The van der Waals surface area contributed by atoms with Crippen LogP contribution < -0.4 is 4.90 Å². The average Bonchev–Trinajstić information content (AvgIpc) is 2.39. The largest absolute Gasteiger partial charge is 0.481 e. The summed E-state index contributed by atoms with van der Waals surface area (Å²) in [5.41, 5.74) is 1.27. The topological polar surface area (TPSA) is 43.8 Å². The van der Waals surface area contributed by atoms with Gasteiger partial charge in [-0.1, -0.05) is 18.2 Å². The molecule has 0 aromatic heterocycles. The maximum absolute atomic E-state index is 11.1. The Morgan fingerprint density at radius 3 is 2.26 bits per heavy atom. The van der Waals surface area contributed by atoms with E-state index < -0.39 is 5.97 Å². The molecule has 0 bridgehead atoms. The second-order valence-corrected chi connectivity index (χ2v) is 5.45. The van der Waals surface area contributed by atoms with Crippen molar-refractivity contribution < 1.29 is 9.90 Å². The highest BCUT2D eigenvalue weighted by atomic mass is 16.4. The van der Waals surface area contributed by atoms with Crippen molar-refractivity contribution in [1.82, 2.24) is 4.90 Å². The molecular formula is C15H20N2O2.